The van der Waals surface area contributed by atoms with Crippen LogP contribution in [0.25, 0.3) is 0 Å². The highest BCUT2D eigenvalue weighted by Crippen LogP contribution is 2.14. The zero-order chi connectivity index (χ0) is 10.6. The molecular formula is C8H12N4OS. The first-order valence-corrected chi connectivity index (χ1v) is 5.15. The minimum absolute atomic E-state index is 0.253. The van der Waals surface area contributed by atoms with Crippen LogP contribution < -0.4 is 11.1 Å². The van der Waals surface area contributed by atoms with E-state index in [2.05, 4.69) is 15.3 Å². The molecule has 0 aromatic carbocycles. The third kappa shape index (κ3) is 2.59. The van der Waals surface area contributed by atoms with Crippen LogP contribution in [0.2, 0.25) is 0 Å². The molecule has 0 atom stereocenters. The van der Waals surface area contributed by atoms with Gasteiger partial charge >= 0.3 is 0 Å². The lowest BCUT2D eigenvalue weighted by Crippen LogP contribution is -2.20. The van der Waals surface area contributed by atoms with Crippen molar-refractivity contribution in [2.45, 2.75) is 12.1 Å². The number of nitrogens with one attached hydrogen (secondary N) is 1. The number of carbonyl (C=O) groups is 1. The molecule has 14 heavy (non-hydrogen) atoms. The first-order valence-electron chi connectivity index (χ1n) is 4.16. The molecule has 6 heteroatoms. The summed E-state index contributed by atoms with van der Waals surface area (Å²) in [7, 11) is 1.55. The standard InChI is InChI=1S/C8H12N4OS/c1-3-14-8-11-5(7(13)10-2)4-6(9)12-8/h4H,3H2,1-2H3,(H,10,13)(H2,9,11,12). The Kier molecular flexibility index (Phi) is 3.70. The fourth-order valence-corrected chi connectivity index (χ4v) is 1.47. The lowest BCUT2D eigenvalue weighted by atomic mass is 10.4. The van der Waals surface area contributed by atoms with E-state index in [9.17, 15) is 4.79 Å². The number of hydrogen-bond acceptors (Lipinski definition) is 5. The van der Waals surface area contributed by atoms with Gasteiger partial charge in [-0.2, -0.15) is 0 Å². The summed E-state index contributed by atoms with van der Waals surface area (Å²) >= 11 is 1.45. The molecule has 1 aromatic rings. The minimum Gasteiger partial charge on any atom is -0.384 e. The Labute approximate surface area is 86.5 Å². The fraction of sp³-hybridized carbons (Fsp3) is 0.375. The molecule has 1 heterocycles. The molecule has 1 amide bonds. The molecule has 0 aliphatic heterocycles. The van der Waals surface area contributed by atoms with Crippen LogP contribution in [0.15, 0.2) is 11.2 Å². The molecule has 5 nitrogen and oxygen atoms in total. The molecule has 0 unspecified atom stereocenters. The van der Waals surface area contributed by atoms with Crippen LogP contribution in [0.5, 0.6) is 0 Å². The zero-order valence-corrected chi connectivity index (χ0v) is 8.89. The highest BCUT2D eigenvalue weighted by Gasteiger charge is 2.08. The van der Waals surface area contributed by atoms with Crippen LogP contribution in [-0.4, -0.2) is 28.7 Å². The Morgan fingerprint density at radius 2 is 2.36 bits per heavy atom. The Morgan fingerprint density at radius 1 is 1.64 bits per heavy atom. The summed E-state index contributed by atoms with van der Waals surface area (Å²) < 4.78 is 0. The molecule has 0 saturated carbocycles. The van der Waals surface area contributed by atoms with Gasteiger partial charge in [-0.1, -0.05) is 18.7 Å². The van der Waals surface area contributed by atoms with Crippen LogP contribution in [0, 0.1) is 0 Å². The number of hydrogen-bond donors (Lipinski definition) is 2. The first kappa shape index (κ1) is 10.8. The van der Waals surface area contributed by atoms with Gasteiger partial charge in [0.1, 0.15) is 11.5 Å². The lowest BCUT2D eigenvalue weighted by Gasteiger charge is -2.02. The van der Waals surface area contributed by atoms with Gasteiger partial charge in [0.2, 0.25) is 0 Å². The zero-order valence-electron chi connectivity index (χ0n) is 8.07. The summed E-state index contributed by atoms with van der Waals surface area (Å²) in [6.45, 7) is 1.98. The van der Waals surface area contributed by atoms with Crippen molar-refractivity contribution in [1.29, 1.82) is 0 Å². The van der Waals surface area contributed by atoms with E-state index in [1.165, 1.54) is 17.8 Å². The number of aromatic nitrogens is 2. The van der Waals surface area contributed by atoms with Crippen molar-refractivity contribution < 1.29 is 4.79 Å². The average molecular weight is 212 g/mol. The molecule has 0 radical (unpaired) electrons. The number of amides is 1. The van der Waals surface area contributed by atoms with E-state index in [-0.39, 0.29) is 5.91 Å². The second-order valence-corrected chi connectivity index (χ2v) is 3.70. The van der Waals surface area contributed by atoms with Crippen molar-refractivity contribution in [3.63, 3.8) is 0 Å². The fourth-order valence-electron chi connectivity index (χ4n) is 0.881. The van der Waals surface area contributed by atoms with E-state index in [4.69, 9.17) is 5.73 Å². The monoisotopic (exact) mass is 212 g/mol. The highest BCUT2D eigenvalue weighted by atomic mass is 32.2. The summed E-state index contributed by atoms with van der Waals surface area (Å²) in [6, 6.07) is 1.46. The van der Waals surface area contributed by atoms with Crippen LogP contribution >= 0.6 is 11.8 Å². The Balaban J connectivity index is 3.00. The van der Waals surface area contributed by atoms with Crippen molar-refractivity contribution in [1.82, 2.24) is 15.3 Å². The van der Waals surface area contributed by atoms with Gasteiger partial charge in [-0.3, -0.25) is 4.79 Å². The van der Waals surface area contributed by atoms with Crippen LogP contribution in [0.1, 0.15) is 17.4 Å². The van der Waals surface area contributed by atoms with Gasteiger partial charge in [0.05, 0.1) is 0 Å². The van der Waals surface area contributed by atoms with E-state index in [1.807, 2.05) is 6.92 Å². The van der Waals surface area contributed by atoms with Crippen LogP contribution in [-0.2, 0) is 0 Å². The second kappa shape index (κ2) is 4.80. The number of nitrogens with two attached hydrogens (primary N) is 1. The SMILES string of the molecule is CCSc1nc(N)cc(C(=O)NC)n1. The summed E-state index contributed by atoms with van der Waals surface area (Å²) in [5, 5.41) is 3.02. The minimum atomic E-state index is -0.253. The predicted octanol–water partition coefficient (Wildman–Crippen LogP) is 0.530. The molecule has 0 bridgehead atoms. The number of carbonyl (C=O) groups excluding carboxylic acids is 1. The van der Waals surface area contributed by atoms with Crippen molar-refractivity contribution in [2.24, 2.45) is 0 Å². The van der Waals surface area contributed by atoms with Crippen LogP contribution in [0.3, 0.4) is 0 Å². The summed E-state index contributed by atoms with van der Waals surface area (Å²) in [6.07, 6.45) is 0. The van der Waals surface area contributed by atoms with Gasteiger partial charge < -0.3 is 11.1 Å². The Morgan fingerprint density at radius 3 is 2.93 bits per heavy atom. The molecule has 0 spiro atoms. The average Bonchev–Trinajstić information content (AvgIpc) is 2.16. The number of rotatable bonds is 3. The lowest BCUT2D eigenvalue weighted by molar-refractivity contribution is 0.0957. The molecule has 0 saturated heterocycles. The number of nitrogen functional groups attached to an aromatic ring is 1. The summed E-state index contributed by atoms with van der Waals surface area (Å²) in [5.41, 5.74) is 5.84. The van der Waals surface area contributed by atoms with E-state index in [0.29, 0.717) is 16.7 Å². The van der Waals surface area contributed by atoms with Crippen molar-refractivity contribution in [3.8, 4) is 0 Å². The number of nitrogens with zero attached hydrogens (tertiary/aromatic N) is 2. The van der Waals surface area contributed by atoms with E-state index in [1.54, 1.807) is 7.05 Å². The van der Waals surface area contributed by atoms with E-state index >= 15 is 0 Å². The second-order valence-electron chi connectivity index (χ2n) is 2.47. The maximum atomic E-state index is 11.3. The van der Waals surface area contributed by atoms with E-state index < -0.39 is 0 Å². The molecule has 76 valence electrons. The Bertz CT molecular complexity index is 342. The van der Waals surface area contributed by atoms with Crippen LogP contribution in [0.4, 0.5) is 5.82 Å². The highest BCUT2D eigenvalue weighted by molar-refractivity contribution is 7.99. The molecule has 1 rings (SSSR count). The molecule has 3 N–H and O–H groups in total. The third-order valence-electron chi connectivity index (χ3n) is 1.46. The third-order valence-corrected chi connectivity index (χ3v) is 2.19. The number of thioether (sulfide) groups is 1. The molecule has 0 fully saturated rings. The van der Waals surface area contributed by atoms with Gasteiger partial charge in [0.25, 0.3) is 5.91 Å². The quantitative estimate of drug-likeness (QED) is 0.564. The van der Waals surface area contributed by atoms with Crippen molar-refractivity contribution in [2.75, 3.05) is 18.5 Å². The molecule has 1 aromatic heterocycles. The van der Waals surface area contributed by atoms with Crippen molar-refractivity contribution in [3.05, 3.63) is 11.8 Å². The van der Waals surface area contributed by atoms with E-state index in [0.717, 1.165) is 5.75 Å². The van der Waals surface area contributed by atoms with Gasteiger partial charge in [-0.05, 0) is 5.75 Å². The topological polar surface area (TPSA) is 80.9 Å². The van der Waals surface area contributed by atoms with Gasteiger partial charge in [-0.15, -0.1) is 0 Å². The predicted molar refractivity (Wildman–Crippen MR) is 56.2 cm³/mol. The van der Waals surface area contributed by atoms with Gasteiger partial charge in [0.15, 0.2) is 5.16 Å². The van der Waals surface area contributed by atoms with Crippen molar-refractivity contribution >= 4 is 23.5 Å². The molecular weight excluding hydrogens is 200 g/mol. The summed E-state index contributed by atoms with van der Waals surface area (Å²) in [4.78, 5) is 19.3. The molecule has 0 aliphatic carbocycles. The molecule has 0 aliphatic rings. The van der Waals surface area contributed by atoms with Gasteiger partial charge in [0, 0.05) is 13.1 Å². The first-order chi connectivity index (χ1) is 6.67. The number of anilines is 1. The maximum absolute atomic E-state index is 11.3. The largest absolute Gasteiger partial charge is 0.384 e. The summed E-state index contributed by atoms with van der Waals surface area (Å²) in [5.74, 6) is 0.906. The maximum Gasteiger partial charge on any atom is 0.269 e. The normalized spacial score (nSPS) is 9.86. The smallest absolute Gasteiger partial charge is 0.269 e. The van der Waals surface area contributed by atoms with Gasteiger partial charge in [-0.25, -0.2) is 9.97 Å². The Hall–Kier alpha value is -1.30.